The predicted molar refractivity (Wildman–Crippen MR) is 291 cm³/mol. The summed E-state index contributed by atoms with van der Waals surface area (Å²) in [4.78, 5) is 4.50. The van der Waals surface area contributed by atoms with Gasteiger partial charge in [-0.1, -0.05) is 121 Å². The average Bonchev–Trinajstić information content (AvgIpc) is 3.44. The highest BCUT2D eigenvalue weighted by molar-refractivity contribution is 6.28. The number of halogens is 2. The zero-order valence-electron chi connectivity index (χ0n) is 38.6. The van der Waals surface area contributed by atoms with Crippen molar-refractivity contribution in [3.8, 4) is 56.6 Å². The molecule has 6 heteroatoms. The van der Waals surface area contributed by atoms with Gasteiger partial charge in [-0.05, 0) is 187 Å². The van der Waals surface area contributed by atoms with Gasteiger partial charge in [-0.15, -0.1) is 0 Å². The SMILES string of the molecule is N#Cc1ccc(N(c2cc(-c3ccccc3)cc(-c3ccc(F)cc3)c2)c2ccc3ccc4c(N(c5ccc(C#N)cc5)c5cc(-c6ccccc6)cc(-c6ccc(F)cc6)c5)ccc5ccc2c3c54)cc1. The van der Waals surface area contributed by atoms with Crippen LogP contribution in [0.25, 0.3) is 76.8 Å². The molecule has 0 saturated carbocycles. The van der Waals surface area contributed by atoms with Crippen LogP contribution in [-0.2, 0) is 0 Å². The van der Waals surface area contributed by atoms with Gasteiger partial charge in [0.15, 0.2) is 0 Å². The number of hydrogen-bond donors (Lipinski definition) is 0. The van der Waals surface area contributed by atoms with Gasteiger partial charge in [-0.3, -0.25) is 0 Å². The summed E-state index contributed by atoms with van der Waals surface area (Å²) in [6.07, 6.45) is 0. The van der Waals surface area contributed by atoms with Gasteiger partial charge in [-0.25, -0.2) is 8.78 Å². The maximum Gasteiger partial charge on any atom is 0.123 e. The Bertz CT molecular complexity index is 3780. The van der Waals surface area contributed by atoms with Crippen LogP contribution in [0.15, 0.2) is 243 Å². The Morgan fingerprint density at radius 3 is 0.972 bits per heavy atom. The van der Waals surface area contributed by atoms with Crippen molar-refractivity contribution in [1.29, 1.82) is 10.5 Å². The Morgan fingerprint density at radius 2 is 0.625 bits per heavy atom. The molecule has 0 N–H and O–H groups in total. The second-order valence-electron chi connectivity index (χ2n) is 17.9. The molecule has 0 atom stereocenters. The molecule has 0 amide bonds. The van der Waals surface area contributed by atoms with Gasteiger partial charge in [0.05, 0.1) is 34.6 Å². The van der Waals surface area contributed by atoms with E-state index in [1.807, 2.05) is 109 Å². The quantitative estimate of drug-likeness (QED) is 0.128. The standard InChI is InChI=1S/C66H40F2N4/c67-55-23-15-47(16-24-55)53-35-51(45-7-3-1-4-8-45)37-59(39-53)71(57-27-11-43(41-69)12-28-57)63-33-21-49-20-32-62-64(34-22-50-19-31-61(63)65(49)66(50)62)72(58-29-13-44(42-70)14-30-58)60-38-52(46-9-5-2-6-10-46)36-54(40-60)48-17-25-56(68)26-18-48/h1-40H. The summed E-state index contributed by atoms with van der Waals surface area (Å²) < 4.78 is 28.7. The van der Waals surface area contributed by atoms with E-state index >= 15 is 0 Å². The van der Waals surface area contributed by atoms with E-state index in [0.29, 0.717) is 11.1 Å². The van der Waals surface area contributed by atoms with E-state index in [0.717, 1.165) is 111 Å². The lowest BCUT2D eigenvalue weighted by Crippen LogP contribution is -2.12. The highest BCUT2D eigenvalue weighted by Gasteiger charge is 2.24. The molecule has 12 aromatic carbocycles. The molecule has 0 bridgehead atoms. The first-order valence-corrected chi connectivity index (χ1v) is 23.6. The van der Waals surface area contributed by atoms with Gasteiger partial charge in [0.2, 0.25) is 0 Å². The van der Waals surface area contributed by atoms with Crippen LogP contribution in [0.5, 0.6) is 0 Å². The van der Waals surface area contributed by atoms with Crippen LogP contribution in [0.1, 0.15) is 11.1 Å². The van der Waals surface area contributed by atoms with E-state index in [4.69, 9.17) is 0 Å². The smallest absolute Gasteiger partial charge is 0.123 e. The number of benzene rings is 12. The van der Waals surface area contributed by atoms with Gasteiger partial charge in [0, 0.05) is 33.5 Å². The summed E-state index contributed by atoms with van der Waals surface area (Å²) in [5.41, 5.74) is 14.2. The number of nitrogens with zero attached hydrogens (tertiary/aromatic N) is 4. The monoisotopic (exact) mass is 926 g/mol. The third-order valence-corrected chi connectivity index (χ3v) is 13.5. The summed E-state index contributed by atoms with van der Waals surface area (Å²) in [7, 11) is 0. The van der Waals surface area contributed by atoms with E-state index in [1.54, 1.807) is 0 Å². The third kappa shape index (κ3) is 7.99. The zero-order chi connectivity index (χ0) is 48.7. The second-order valence-corrected chi connectivity index (χ2v) is 17.9. The minimum atomic E-state index is -0.301. The van der Waals surface area contributed by atoms with Crippen molar-refractivity contribution in [1.82, 2.24) is 0 Å². The van der Waals surface area contributed by atoms with E-state index < -0.39 is 0 Å². The lowest BCUT2D eigenvalue weighted by atomic mass is 9.91. The van der Waals surface area contributed by atoms with Crippen LogP contribution in [0.2, 0.25) is 0 Å². The molecule has 0 saturated heterocycles. The fraction of sp³-hybridized carbons (Fsp3) is 0. The molecule has 0 fully saturated rings. The number of anilines is 6. The predicted octanol–water partition coefficient (Wildman–Crippen LogP) is 18.2. The van der Waals surface area contributed by atoms with Crippen molar-refractivity contribution < 1.29 is 8.78 Å². The Labute approximate surface area is 415 Å². The highest BCUT2D eigenvalue weighted by Crippen LogP contribution is 2.49. The summed E-state index contributed by atoms with van der Waals surface area (Å²) >= 11 is 0. The van der Waals surface area contributed by atoms with Crippen molar-refractivity contribution >= 4 is 66.4 Å². The molecule has 0 aliphatic rings. The van der Waals surface area contributed by atoms with Crippen LogP contribution >= 0.6 is 0 Å². The number of hydrogen-bond acceptors (Lipinski definition) is 4. The molecule has 0 heterocycles. The Kier molecular flexibility index (Phi) is 11.0. The summed E-state index contributed by atoms with van der Waals surface area (Å²) in [6.45, 7) is 0. The largest absolute Gasteiger partial charge is 0.310 e. The van der Waals surface area contributed by atoms with Crippen LogP contribution in [0, 0.1) is 34.3 Å². The second kappa shape index (κ2) is 18.2. The van der Waals surface area contributed by atoms with Crippen LogP contribution < -0.4 is 9.80 Å². The van der Waals surface area contributed by atoms with Gasteiger partial charge in [0.25, 0.3) is 0 Å². The molecule has 0 aliphatic carbocycles. The normalized spacial score (nSPS) is 11.2. The fourth-order valence-corrected chi connectivity index (χ4v) is 10.1. The van der Waals surface area contributed by atoms with Crippen LogP contribution in [0.4, 0.5) is 42.9 Å². The van der Waals surface area contributed by atoms with E-state index in [-0.39, 0.29) is 11.6 Å². The van der Waals surface area contributed by atoms with E-state index in [9.17, 15) is 19.3 Å². The zero-order valence-corrected chi connectivity index (χ0v) is 38.6. The highest BCUT2D eigenvalue weighted by atomic mass is 19.1. The molecule has 12 rings (SSSR count). The summed E-state index contributed by atoms with van der Waals surface area (Å²) in [5, 5.41) is 26.2. The lowest BCUT2D eigenvalue weighted by Gasteiger charge is -2.30. The van der Waals surface area contributed by atoms with Gasteiger partial charge < -0.3 is 9.80 Å². The molecule has 4 nitrogen and oxygen atoms in total. The summed E-state index contributed by atoms with van der Waals surface area (Å²) in [6, 6.07) is 84.1. The van der Waals surface area contributed by atoms with Crippen molar-refractivity contribution in [2.24, 2.45) is 0 Å². The maximum atomic E-state index is 14.4. The molecule has 0 spiro atoms. The minimum absolute atomic E-state index is 0.301. The summed E-state index contributed by atoms with van der Waals surface area (Å²) in [5.74, 6) is -0.602. The molecule has 72 heavy (non-hydrogen) atoms. The van der Waals surface area contributed by atoms with Gasteiger partial charge in [-0.2, -0.15) is 10.5 Å². The van der Waals surface area contributed by atoms with Crippen LogP contribution in [0.3, 0.4) is 0 Å². The number of nitriles is 2. The van der Waals surface area contributed by atoms with Crippen molar-refractivity contribution in [3.63, 3.8) is 0 Å². The maximum absolute atomic E-state index is 14.4. The van der Waals surface area contributed by atoms with Crippen LogP contribution in [-0.4, -0.2) is 0 Å². The first-order chi connectivity index (χ1) is 35.4. The molecule has 0 unspecified atom stereocenters. The topological polar surface area (TPSA) is 54.1 Å². The van der Waals surface area contributed by atoms with E-state index in [2.05, 4.69) is 131 Å². The molecule has 0 aliphatic heterocycles. The Hall–Kier alpha value is -9.88. The molecule has 338 valence electrons. The van der Waals surface area contributed by atoms with Gasteiger partial charge in [0.1, 0.15) is 11.6 Å². The Balaban J connectivity index is 1.10. The molecule has 0 radical (unpaired) electrons. The minimum Gasteiger partial charge on any atom is -0.310 e. The van der Waals surface area contributed by atoms with E-state index in [1.165, 1.54) is 24.3 Å². The number of rotatable bonds is 10. The fourth-order valence-electron chi connectivity index (χ4n) is 10.1. The lowest BCUT2D eigenvalue weighted by molar-refractivity contribution is 0.627. The molecule has 12 aromatic rings. The van der Waals surface area contributed by atoms with Gasteiger partial charge >= 0.3 is 0 Å². The Morgan fingerprint density at radius 1 is 0.292 bits per heavy atom. The van der Waals surface area contributed by atoms with Crippen molar-refractivity contribution in [3.05, 3.63) is 265 Å². The molecular weight excluding hydrogens is 887 g/mol. The van der Waals surface area contributed by atoms with Crippen molar-refractivity contribution in [2.75, 3.05) is 9.80 Å². The third-order valence-electron chi connectivity index (χ3n) is 13.5. The first-order valence-electron chi connectivity index (χ1n) is 23.6. The first kappa shape index (κ1) is 43.4. The molecular formula is C66H40F2N4. The van der Waals surface area contributed by atoms with Crippen molar-refractivity contribution in [2.45, 2.75) is 0 Å². The average molecular weight is 927 g/mol. The molecule has 0 aromatic heterocycles.